The average molecular weight is 232 g/mol. The van der Waals surface area contributed by atoms with Gasteiger partial charge >= 0.3 is 0 Å². The maximum absolute atomic E-state index is 11.9. The molecule has 1 atom stereocenters. The van der Waals surface area contributed by atoms with Crippen LogP contribution in [0.4, 0.5) is 0 Å². The number of fused-ring (bicyclic) bond motifs is 1. The summed E-state index contributed by atoms with van der Waals surface area (Å²) < 4.78 is 0. The predicted octanol–water partition coefficient (Wildman–Crippen LogP) is 1.52. The van der Waals surface area contributed by atoms with E-state index in [1.165, 1.54) is 11.1 Å². The number of nitrogens with zero attached hydrogens (tertiary/aromatic N) is 2. The fraction of sp³-hybridized carbons (Fsp3) is 0.500. The standard InChI is InChI=1S/C14H20N2O/c1-11(14(17)15(2)3)16-9-8-12-6-4-5-7-13(12)10-16/h4-7,11H,8-10H2,1-3H3. The van der Waals surface area contributed by atoms with Gasteiger partial charge in [-0.25, -0.2) is 0 Å². The number of amides is 1. The van der Waals surface area contributed by atoms with E-state index >= 15 is 0 Å². The van der Waals surface area contributed by atoms with Crippen molar-refractivity contribution in [2.24, 2.45) is 0 Å². The smallest absolute Gasteiger partial charge is 0.239 e. The van der Waals surface area contributed by atoms with Crippen molar-refractivity contribution in [3.05, 3.63) is 35.4 Å². The lowest BCUT2D eigenvalue weighted by Gasteiger charge is -2.34. The minimum absolute atomic E-state index is 0.0293. The second-order valence-corrected chi connectivity index (χ2v) is 4.90. The Morgan fingerprint density at radius 3 is 2.59 bits per heavy atom. The number of hydrogen-bond acceptors (Lipinski definition) is 2. The monoisotopic (exact) mass is 232 g/mol. The van der Waals surface area contributed by atoms with Gasteiger partial charge in [0.05, 0.1) is 6.04 Å². The van der Waals surface area contributed by atoms with Crippen LogP contribution in [0.3, 0.4) is 0 Å². The molecule has 0 bridgehead atoms. The molecule has 1 aliphatic rings. The van der Waals surface area contributed by atoms with Gasteiger partial charge < -0.3 is 4.90 Å². The zero-order valence-corrected chi connectivity index (χ0v) is 10.8. The third kappa shape index (κ3) is 2.50. The van der Waals surface area contributed by atoms with E-state index < -0.39 is 0 Å². The topological polar surface area (TPSA) is 23.6 Å². The summed E-state index contributed by atoms with van der Waals surface area (Å²) >= 11 is 0. The van der Waals surface area contributed by atoms with Gasteiger partial charge in [0, 0.05) is 27.2 Å². The fourth-order valence-corrected chi connectivity index (χ4v) is 2.38. The summed E-state index contributed by atoms with van der Waals surface area (Å²) in [5.74, 6) is 0.185. The Kier molecular flexibility index (Phi) is 3.48. The molecule has 2 rings (SSSR count). The molecule has 1 aromatic rings. The van der Waals surface area contributed by atoms with Gasteiger partial charge in [0.15, 0.2) is 0 Å². The van der Waals surface area contributed by atoms with Crippen LogP contribution in [0.15, 0.2) is 24.3 Å². The van der Waals surface area contributed by atoms with E-state index in [0.717, 1.165) is 19.5 Å². The molecule has 1 unspecified atom stereocenters. The van der Waals surface area contributed by atoms with Crippen LogP contribution in [0.2, 0.25) is 0 Å². The second-order valence-electron chi connectivity index (χ2n) is 4.90. The van der Waals surface area contributed by atoms with Crippen molar-refractivity contribution in [3.8, 4) is 0 Å². The van der Waals surface area contributed by atoms with E-state index in [4.69, 9.17) is 0 Å². The van der Waals surface area contributed by atoms with Crippen molar-refractivity contribution in [3.63, 3.8) is 0 Å². The molecule has 3 nitrogen and oxygen atoms in total. The van der Waals surface area contributed by atoms with Gasteiger partial charge in [0.25, 0.3) is 0 Å². The van der Waals surface area contributed by atoms with Gasteiger partial charge in [0.1, 0.15) is 0 Å². The van der Waals surface area contributed by atoms with Crippen LogP contribution in [0.1, 0.15) is 18.1 Å². The lowest BCUT2D eigenvalue weighted by molar-refractivity contribution is -0.134. The molecule has 3 heteroatoms. The zero-order chi connectivity index (χ0) is 12.4. The first-order valence-corrected chi connectivity index (χ1v) is 6.11. The Hall–Kier alpha value is -1.35. The Morgan fingerprint density at radius 1 is 1.29 bits per heavy atom. The van der Waals surface area contributed by atoms with Crippen molar-refractivity contribution >= 4 is 5.91 Å². The van der Waals surface area contributed by atoms with E-state index in [-0.39, 0.29) is 11.9 Å². The van der Waals surface area contributed by atoms with Crippen molar-refractivity contribution in [2.75, 3.05) is 20.6 Å². The van der Waals surface area contributed by atoms with Crippen LogP contribution in [0, 0.1) is 0 Å². The molecule has 0 aromatic heterocycles. The normalized spacial score (nSPS) is 17.4. The zero-order valence-electron chi connectivity index (χ0n) is 10.8. The SMILES string of the molecule is CC(C(=O)N(C)C)N1CCc2ccccc2C1. The van der Waals surface area contributed by atoms with Crippen molar-refractivity contribution in [1.82, 2.24) is 9.80 Å². The quantitative estimate of drug-likeness (QED) is 0.772. The summed E-state index contributed by atoms with van der Waals surface area (Å²) in [6.45, 7) is 3.85. The summed E-state index contributed by atoms with van der Waals surface area (Å²) in [7, 11) is 3.63. The fourth-order valence-electron chi connectivity index (χ4n) is 2.38. The minimum atomic E-state index is -0.0293. The summed E-state index contributed by atoms with van der Waals surface area (Å²) in [6.07, 6.45) is 1.04. The Labute approximate surface area is 103 Å². The van der Waals surface area contributed by atoms with E-state index in [1.807, 2.05) is 21.0 Å². The maximum atomic E-state index is 11.9. The Bertz CT molecular complexity index is 414. The lowest BCUT2D eigenvalue weighted by Crippen LogP contribution is -2.46. The first-order chi connectivity index (χ1) is 8.09. The number of hydrogen-bond donors (Lipinski definition) is 0. The first-order valence-electron chi connectivity index (χ1n) is 6.11. The van der Waals surface area contributed by atoms with Crippen molar-refractivity contribution in [1.29, 1.82) is 0 Å². The number of carbonyl (C=O) groups excluding carboxylic acids is 1. The van der Waals surface area contributed by atoms with E-state index in [1.54, 1.807) is 4.90 Å². The molecule has 0 aliphatic carbocycles. The van der Waals surface area contributed by atoms with Gasteiger partial charge in [-0.05, 0) is 24.5 Å². The molecule has 0 radical (unpaired) electrons. The van der Waals surface area contributed by atoms with Gasteiger partial charge in [-0.1, -0.05) is 24.3 Å². The highest BCUT2D eigenvalue weighted by atomic mass is 16.2. The molecular formula is C14H20N2O. The summed E-state index contributed by atoms with van der Waals surface area (Å²) in [4.78, 5) is 15.9. The third-order valence-corrected chi connectivity index (χ3v) is 3.51. The molecule has 0 N–H and O–H groups in total. The molecule has 0 saturated heterocycles. The van der Waals surface area contributed by atoms with Crippen LogP contribution < -0.4 is 0 Å². The summed E-state index contributed by atoms with van der Waals surface area (Å²) in [5.41, 5.74) is 2.78. The molecule has 0 saturated carbocycles. The maximum Gasteiger partial charge on any atom is 0.239 e. The van der Waals surface area contributed by atoms with E-state index in [2.05, 4.69) is 29.2 Å². The number of benzene rings is 1. The van der Waals surface area contributed by atoms with Gasteiger partial charge in [0.2, 0.25) is 5.91 Å². The third-order valence-electron chi connectivity index (χ3n) is 3.51. The molecule has 1 amide bonds. The number of rotatable bonds is 2. The Balaban J connectivity index is 2.10. The largest absolute Gasteiger partial charge is 0.347 e. The van der Waals surface area contributed by atoms with Crippen molar-refractivity contribution < 1.29 is 4.79 Å². The van der Waals surface area contributed by atoms with Gasteiger partial charge in [-0.15, -0.1) is 0 Å². The van der Waals surface area contributed by atoms with Crippen LogP contribution in [-0.4, -0.2) is 42.4 Å². The molecule has 0 fully saturated rings. The second kappa shape index (κ2) is 4.88. The van der Waals surface area contributed by atoms with Crippen LogP contribution in [0.5, 0.6) is 0 Å². The highest BCUT2D eigenvalue weighted by molar-refractivity contribution is 5.81. The van der Waals surface area contributed by atoms with E-state index in [0.29, 0.717) is 0 Å². The first kappa shape index (κ1) is 12.1. The predicted molar refractivity (Wildman–Crippen MR) is 68.7 cm³/mol. The lowest BCUT2D eigenvalue weighted by atomic mass is 9.98. The summed E-state index contributed by atoms with van der Waals surface area (Å²) in [5, 5.41) is 0. The molecule has 0 spiro atoms. The molecule has 1 aromatic carbocycles. The highest BCUT2D eigenvalue weighted by Crippen LogP contribution is 2.20. The highest BCUT2D eigenvalue weighted by Gasteiger charge is 2.25. The van der Waals surface area contributed by atoms with Crippen molar-refractivity contribution in [2.45, 2.75) is 25.9 Å². The van der Waals surface area contributed by atoms with Gasteiger partial charge in [-0.2, -0.15) is 0 Å². The number of likely N-dealkylation sites (N-methyl/N-ethyl adjacent to an activating group) is 1. The van der Waals surface area contributed by atoms with Gasteiger partial charge in [-0.3, -0.25) is 9.69 Å². The molecule has 1 heterocycles. The average Bonchev–Trinajstić information content (AvgIpc) is 2.36. The molecular weight excluding hydrogens is 212 g/mol. The summed E-state index contributed by atoms with van der Waals surface area (Å²) in [6, 6.07) is 8.47. The Morgan fingerprint density at radius 2 is 1.94 bits per heavy atom. The van der Waals surface area contributed by atoms with E-state index in [9.17, 15) is 4.79 Å². The van der Waals surface area contributed by atoms with Crippen LogP contribution in [0.25, 0.3) is 0 Å². The number of carbonyl (C=O) groups is 1. The molecule has 17 heavy (non-hydrogen) atoms. The molecule has 92 valence electrons. The van der Waals surface area contributed by atoms with Crippen LogP contribution in [-0.2, 0) is 17.8 Å². The molecule has 1 aliphatic heterocycles. The van der Waals surface area contributed by atoms with Crippen LogP contribution >= 0.6 is 0 Å². The minimum Gasteiger partial charge on any atom is -0.347 e.